The number of H-pyrrole nitrogens is 1. The monoisotopic (exact) mass is 391 g/mol. The van der Waals surface area contributed by atoms with E-state index in [0.29, 0.717) is 0 Å². The molecule has 156 valence electrons. The van der Waals surface area contributed by atoms with Crippen LogP contribution in [0.15, 0.2) is 48.5 Å². The van der Waals surface area contributed by atoms with E-state index < -0.39 is 0 Å². The molecule has 0 bridgehead atoms. The van der Waals surface area contributed by atoms with Gasteiger partial charge >= 0.3 is 0 Å². The Bertz CT molecular complexity index is 847. The zero-order valence-corrected chi connectivity index (χ0v) is 18.3. The number of ether oxygens (including phenoxy) is 1. The molecule has 29 heavy (non-hydrogen) atoms. The van der Waals surface area contributed by atoms with Crippen LogP contribution in [0.1, 0.15) is 76.7 Å². The number of benzene rings is 2. The Hall–Kier alpha value is -2.22. The molecule has 1 aromatic heterocycles. The van der Waals surface area contributed by atoms with Gasteiger partial charge in [-0.1, -0.05) is 76.3 Å². The lowest BCUT2D eigenvalue weighted by molar-refractivity contribution is 0.304. The Morgan fingerprint density at radius 3 is 2.07 bits per heavy atom. The van der Waals surface area contributed by atoms with E-state index in [4.69, 9.17) is 4.74 Å². The summed E-state index contributed by atoms with van der Waals surface area (Å²) in [6.07, 6.45) is 13.6. The van der Waals surface area contributed by atoms with Gasteiger partial charge in [0.05, 0.1) is 6.61 Å². The van der Waals surface area contributed by atoms with Crippen molar-refractivity contribution in [3.63, 3.8) is 0 Å². The summed E-state index contributed by atoms with van der Waals surface area (Å²) < 4.78 is 5.93. The van der Waals surface area contributed by atoms with Crippen molar-refractivity contribution >= 4 is 10.9 Å². The molecule has 0 atom stereocenters. The molecular weight excluding hydrogens is 354 g/mol. The lowest BCUT2D eigenvalue weighted by Gasteiger charge is -2.07. The molecule has 0 amide bonds. The summed E-state index contributed by atoms with van der Waals surface area (Å²) in [5, 5.41) is 1.27. The van der Waals surface area contributed by atoms with Gasteiger partial charge in [-0.3, -0.25) is 0 Å². The predicted molar refractivity (Wildman–Crippen MR) is 126 cm³/mol. The maximum Gasteiger partial charge on any atom is 0.119 e. The molecule has 0 fully saturated rings. The lowest BCUT2D eigenvalue weighted by Crippen LogP contribution is -1.97. The van der Waals surface area contributed by atoms with Crippen LogP contribution in [0.4, 0.5) is 0 Å². The average Bonchev–Trinajstić information content (AvgIpc) is 3.15. The van der Waals surface area contributed by atoms with Crippen LogP contribution in [-0.4, -0.2) is 11.6 Å². The van der Waals surface area contributed by atoms with Crippen molar-refractivity contribution < 1.29 is 4.74 Å². The number of unbranched alkanes of at least 4 members (excludes halogenated alkanes) is 9. The zero-order chi connectivity index (χ0) is 20.3. The number of aromatic nitrogens is 1. The summed E-state index contributed by atoms with van der Waals surface area (Å²) in [7, 11) is 0. The first-order valence-electron chi connectivity index (χ1n) is 11.6. The lowest BCUT2D eigenvalue weighted by atomic mass is 10.1. The number of fused-ring (bicyclic) bond motifs is 1. The van der Waals surface area contributed by atoms with E-state index in [-0.39, 0.29) is 0 Å². The Labute approximate surface area is 176 Å². The van der Waals surface area contributed by atoms with E-state index in [1.54, 1.807) is 0 Å². The van der Waals surface area contributed by atoms with Crippen LogP contribution in [0.3, 0.4) is 0 Å². The molecule has 3 rings (SSSR count). The van der Waals surface area contributed by atoms with Crippen molar-refractivity contribution in [2.45, 2.75) is 78.1 Å². The molecular formula is C27H37NO. The second-order valence-electron chi connectivity index (χ2n) is 8.33. The Kier molecular flexibility index (Phi) is 8.67. The highest BCUT2D eigenvalue weighted by molar-refractivity contribution is 5.86. The Morgan fingerprint density at radius 2 is 1.38 bits per heavy atom. The van der Waals surface area contributed by atoms with Gasteiger partial charge in [-0.2, -0.15) is 0 Å². The topological polar surface area (TPSA) is 25.0 Å². The molecule has 2 aromatic carbocycles. The van der Waals surface area contributed by atoms with Crippen LogP contribution in [0.2, 0.25) is 0 Å². The molecule has 0 unspecified atom stereocenters. The van der Waals surface area contributed by atoms with Crippen LogP contribution < -0.4 is 4.74 Å². The summed E-state index contributed by atoms with van der Waals surface area (Å²) in [6.45, 7) is 5.23. The van der Waals surface area contributed by atoms with Gasteiger partial charge in [-0.15, -0.1) is 0 Å². The van der Waals surface area contributed by atoms with Crippen LogP contribution in [-0.2, 0) is 0 Å². The Morgan fingerprint density at radius 1 is 0.724 bits per heavy atom. The van der Waals surface area contributed by atoms with E-state index in [1.165, 1.54) is 79.8 Å². The van der Waals surface area contributed by atoms with Gasteiger partial charge in [-0.25, -0.2) is 0 Å². The molecule has 3 aromatic rings. The quantitative estimate of drug-likeness (QED) is 0.290. The standard InChI is InChI=1S/C27H37NO/c1-3-4-5-6-7-8-9-10-11-12-19-29-25-16-14-23(15-17-25)27-21-24-20-22(2)13-18-26(24)28-27/h13-18,20-21,28H,3-12,19H2,1-2H3. The van der Waals surface area contributed by atoms with Crippen LogP contribution in [0.5, 0.6) is 5.75 Å². The number of nitrogens with one attached hydrogen (secondary N) is 1. The number of hydrogen-bond acceptors (Lipinski definition) is 1. The SMILES string of the molecule is CCCCCCCCCCCCOc1ccc(-c2cc3cc(C)ccc3[nH]2)cc1. The normalized spacial score (nSPS) is 11.2. The molecule has 0 aliphatic heterocycles. The van der Waals surface area contributed by atoms with Gasteiger partial charge in [0.15, 0.2) is 0 Å². The summed E-state index contributed by atoms with van der Waals surface area (Å²) >= 11 is 0. The minimum Gasteiger partial charge on any atom is -0.494 e. The molecule has 2 nitrogen and oxygen atoms in total. The highest BCUT2D eigenvalue weighted by Gasteiger charge is 2.04. The second kappa shape index (κ2) is 11.7. The third-order valence-electron chi connectivity index (χ3n) is 5.71. The fourth-order valence-corrected chi connectivity index (χ4v) is 3.92. The molecule has 0 spiro atoms. The fourth-order valence-electron chi connectivity index (χ4n) is 3.92. The van der Waals surface area contributed by atoms with Gasteiger partial charge in [0.1, 0.15) is 5.75 Å². The van der Waals surface area contributed by atoms with E-state index >= 15 is 0 Å². The first-order valence-corrected chi connectivity index (χ1v) is 11.6. The average molecular weight is 392 g/mol. The predicted octanol–water partition coefficient (Wildman–Crippen LogP) is 8.44. The van der Waals surface area contributed by atoms with Crippen molar-refractivity contribution in [1.29, 1.82) is 0 Å². The molecule has 1 heterocycles. The van der Waals surface area contributed by atoms with Crippen molar-refractivity contribution in [2.75, 3.05) is 6.61 Å². The number of hydrogen-bond donors (Lipinski definition) is 1. The van der Waals surface area contributed by atoms with Gasteiger partial charge < -0.3 is 9.72 Å². The largest absolute Gasteiger partial charge is 0.494 e. The van der Waals surface area contributed by atoms with Gasteiger partial charge in [0.25, 0.3) is 0 Å². The molecule has 0 saturated heterocycles. The summed E-state index contributed by atoms with van der Waals surface area (Å²) in [5.74, 6) is 0.969. The highest BCUT2D eigenvalue weighted by Crippen LogP contribution is 2.26. The van der Waals surface area contributed by atoms with Gasteiger partial charge in [0.2, 0.25) is 0 Å². The van der Waals surface area contributed by atoms with Crippen molar-refractivity contribution in [3.05, 3.63) is 54.1 Å². The van der Waals surface area contributed by atoms with E-state index in [1.807, 2.05) is 0 Å². The van der Waals surface area contributed by atoms with Crippen molar-refractivity contribution in [1.82, 2.24) is 4.98 Å². The highest BCUT2D eigenvalue weighted by atomic mass is 16.5. The molecule has 2 heteroatoms. The molecule has 0 saturated carbocycles. The summed E-state index contributed by atoms with van der Waals surface area (Å²) in [4.78, 5) is 3.51. The fraction of sp³-hybridized carbons (Fsp3) is 0.481. The minimum absolute atomic E-state index is 0.821. The van der Waals surface area contributed by atoms with Crippen LogP contribution in [0, 0.1) is 6.92 Å². The summed E-state index contributed by atoms with van der Waals surface area (Å²) in [6, 6.07) is 17.2. The second-order valence-corrected chi connectivity index (χ2v) is 8.33. The van der Waals surface area contributed by atoms with Crippen LogP contribution >= 0.6 is 0 Å². The number of aryl methyl sites for hydroxylation is 1. The zero-order valence-electron chi connectivity index (χ0n) is 18.3. The molecule has 1 N–H and O–H groups in total. The number of rotatable bonds is 13. The first kappa shape index (κ1) is 21.5. The minimum atomic E-state index is 0.821. The van der Waals surface area contributed by atoms with E-state index in [9.17, 15) is 0 Å². The molecule has 0 aliphatic carbocycles. The maximum absolute atomic E-state index is 5.93. The number of aromatic amines is 1. The van der Waals surface area contributed by atoms with Crippen LogP contribution in [0.25, 0.3) is 22.2 Å². The summed E-state index contributed by atoms with van der Waals surface area (Å²) in [5.41, 5.74) is 4.84. The first-order chi connectivity index (χ1) is 14.3. The van der Waals surface area contributed by atoms with Gasteiger partial charge in [0, 0.05) is 16.6 Å². The molecule has 0 radical (unpaired) electrons. The Balaban J connectivity index is 1.33. The maximum atomic E-state index is 5.93. The third-order valence-corrected chi connectivity index (χ3v) is 5.71. The third kappa shape index (κ3) is 6.96. The van der Waals surface area contributed by atoms with E-state index in [0.717, 1.165) is 24.5 Å². The van der Waals surface area contributed by atoms with E-state index in [2.05, 4.69) is 67.4 Å². The van der Waals surface area contributed by atoms with Crippen molar-refractivity contribution in [3.8, 4) is 17.0 Å². The smallest absolute Gasteiger partial charge is 0.119 e. The van der Waals surface area contributed by atoms with Crippen molar-refractivity contribution in [2.24, 2.45) is 0 Å². The van der Waals surface area contributed by atoms with Gasteiger partial charge in [-0.05, 0) is 61.4 Å². The molecule has 0 aliphatic rings.